The molecule has 28 heavy (non-hydrogen) atoms. The molecule has 0 bridgehead atoms. The van der Waals surface area contributed by atoms with Crippen molar-refractivity contribution in [3.8, 4) is 0 Å². The van der Waals surface area contributed by atoms with Gasteiger partial charge in [-0.25, -0.2) is 0 Å². The molecule has 0 spiro atoms. The van der Waals surface area contributed by atoms with E-state index in [1.807, 2.05) is 18.7 Å². The van der Waals surface area contributed by atoms with Crippen molar-refractivity contribution in [2.24, 2.45) is 5.92 Å². The summed E-state index contributed by atoms with van der Waals surface area (Å²) in [5.74, 6) is -0.183. The van der Waals surface area contributed by atoms with Crippen LogP contribution in [0.1, 0.15) is 41.5 Å². The second kappa shape index (κ2) is 8.74. The Hall–Kier alpha value is -2.40. The fourth-order valence-corrected chi connectivity index (χ4v) is 4.60. The van der Waals surface area contributed by atoms with Crippen molar-refractivity contribution in [2.75, 3.05) is 19.6 Å². The Morgan fingerprint density at radius 2 is 2.00 bits per heavy atom. The number of carbonyl (C=O) groups is 2. The topological polar surface area (TPSA) is 40.6 Å². The van der Waals surface area contributed by atoms with Gasteiger partial charge in [0.1, 0.15) is 6.54 Å². The number of carbonyl (C=O) groups excluding carboxylic acids is 2. The molecule has 1 aliphatic rings. The number of fused-ring (bicyclic) bond motifs is 1. The number of thiophene rings is 1. The molecule has 1 aromatic heterocycles. The summed E-state index contributed by atoms with van der Waals surface area (Å²) in [4.78, 5) is 30.7. The van der Waals surface area contributed by atoms with Gasteiger partial charge in [0, 0.05) is 23.9 Å². The highest BCUT2D eigenvalue weighted by Gasteiger charge is 2.34. The Bertz CT molecular complexity index is 854. The maximum atomic E-state index is 13.3. The highest BCUT2D eigenvalue weighted by Crippen LogP contribution is 2.37. The van der Waals surface area contributed by atoms with E-state index in [2.05, 4.69) is 49.2 Å². The zero-order valence-corrected chi connectivity index (χ0v) is 17.7. The third-order valence-corrected chi connectivity index (χ3v) is 6.16. The molecular formula is C23H28N2O2S. The van der Waals surface area contributed by atoms with Gasteiger partial charge in [-0.2, -0.15) is 0 Å². The molecule has 2 aromatic rings. The van der Waals surface area contributed by atoms with Gasteiger partial charge in [-0.1, -0.05) is 49.8 Å². The van der Waals surface area contributed by atoms with Crippen LogP contribution < -0.4 is 0 Å². The fourth-order valence-electron chi connectivity index (χ4n) is 3.70. The quantitative estimate of drug-likeness (QED) is 0.687. The number of rotatable bonds is 6. The Morgan fingerprint density at radius 3 is 2.64 bits per heavy atom. The van der Waals surface area contributed by atoms with E-state index < -0.39 is 0 Å². The minimum Gasteiger partial charge on any atom is -0.330 e. The highest BCUT2D eigenvalue weighted by molar-refractivity contribution is 7.10. The maximum absolute atomic E-state index is 13.3. The first kappa shape index (κ1) is 20.3. The van der Waals surface area contributed by atoms with E-state index in [1.54, 1.807) is 22.3 Å². The first-order valence-electron chi connectivity index (χ1n) is 9.74. The van der Waals surface area contributed by atoms with E-state index in [9.17, 15) is 9.59 Å². The van der Waals surface area contributed by atoms with Crippen LogP contribution in [0.4, 0.5) is 0 Å². The van der Waals surface area contributed by atoms with Crippen LogP contribution in [0.15, 0.2) is 48.4 Å². The molecule has 0 saturated heterocycles. The smallest absolute Gasteiger partial charge is 0.243 e. The Labute approximate surface area is 171 Å². The third-order valence-electron chi connectivity index (χ3n) is 5.16. The summed E-state index contributed by atoms with van der Waals surface area (Å²) < 4.78 is 0. The van der Waals surface area contributed by atoms with Crippen molar-refractivity contribution < 1.29 is 9.59 Å². The fraction of sp³-hybridized carbons (Fsp3) is 0.391. The molecule has 5 heteroatoms. The number of hydrogen-bond donors (Lipinski definition) is 0. The maximum Gasteiger partial charge on any atom is 0.243 e. The molecule has 2 amide bonds. The second-order valence-corrected chi connectivity index (χ2v) is 8.61. The number of hydrogen-bond acceptors (Lipinski definition) is 3. The minimum atomic E-state index is -0.148. The second-order valence-electron chi connectivity index (χ2n) is 7.61. The van der Waals surface area contributed by atoms with Gasteiger partial charge >= 0.3 is 0 Å². The van der Waals surface area contributed by atoms with Gasteiger partial charge in [0.2, 0.25) is 11.8 Å². The predicted octanol–water partition coefficient (Wildman–Crippen LogP) is 4.20. The number of benzene rings is 1. The van der Waals surface area contributed by atoms with E-state index in [0.717, 1.165) is 12.0 Å². The molecule has 0 aliphatic carbocycles. The molecular weight excluding hydrogens is 368 g/mol. The van der Waals surface area contributed by atoms with Gasteiger partial charge in [0.15, 0.2) is 0 Å². The molecule has 1 atom stereocenters. The summed E-state index contributed by atoms with van der Waals surface area (Å²) >= 11 is 1.76. The molecule has 3 rings (SSSR count). The lowest BCUT2D eigenvalue weighted by atomic mass is 9.92. The summed E-state index contributed by atoms with van der Waals surface area (Å²) in [6, 6.07) is 10.4. The van der Waals surface area contributed by atoms with Crippen LogP contribution in [-0.4, -0.2) is 41.2 Å². The molecule has 1 aliphatic heterocycles. The summed E-state index contributed by atoms with van der Waals surface area (Å²) in [6.45, 7) is 10.7. The molecule has 4 nitrogen and oxygen atoms in total. The molecule has 1 aromatic carbocycles. The largest absolute Gasteiger partial charge is 0.330 e. The van der Waals surface area contributed by atoms with Crippen LogP contribution >= 0.6 is 11.3 Å². The van der Waals surface area contributed by atoms with Crippen LogP contribution in [0.25, 0.3) is 0 Å². The average Bonchev–Trinajstić information content (AvgIpc) is 3.15. The third kappa shape index (κ3) is 4.20. The van der Waals surface area contributed by atoms with Crippen LogP contribution in [-0.2, 0) is 16.0 Å². The van der Waals surface area contributed by atoms with E-state index in [-0.39, 0.29) is 30.3 Å². The number of amides is 2. The molecule has 2 heterocycles. The van der Waals surface area contributed by atoms with Crippen LogP contribution in [0.2, 0.25) is 0 Å². The van der Waals surface area contributed by atoms with Crippen molar-refractivity contribution >= 4 is 23.2 Å². The lowest BCUT2D eigenvalue weighted by Gasteiger charge is -2.37. The highest BCUT2D eigenvalue weighted by atomic mass is 32.1. The monoisotopic (exact) mass is 396 g/mol. The summed E-state index contributed by atoms with van der Waals surface area (Å²) in [6.07, 6.45) is 2.54. The summed E-state index contributed by atoms with van der Waals surface area (Å²) in [5.41, 5.74) is 3.52. The molecule has 0 N–H and O–H groups in total. The average molecular weight is 397 g/mol. The molecule has 148 valence electrons. The van der Waals surface area contributed by atoms with E-state index in [0.29, 0.717) is 13.1 Å². The first-order valence-corrected chi connectivity index (χ1v) is 10.6. The van der Waals surface area contributed by atoms with Crippen molar-refractivity contribution in [3.63, 3.8) is 0 Å². The van der Waals surface area contributed by atoms with Crippen LogP contribution in [0.3, 0.4) is 0 Å². The Morgan fingerprint density at radius 1 is 1.29 bits per heavy atom. The molecule has 0 fully saturated rings. The Kier molecular flexibility index (Phi) is 6.35. The summed E-state index contributed by atoms with van der Waals surface area (Å²) in [5, 5.41) is 2.10. The SMILES string of the molecule is C=CCN(CC(=O)N1CCc2sccc2[C@@H]1c1ccc(C)cc1)C(=O)C(C)C. The zero-order chi connectivity index (χ0) is 20.3. The number of aryl methyl sites for hydroxylation is 1. The lowest BCUT2D eigenvalue weighted by Crippen LogP contribution is -2.47. The Balaban J connectivity index is 1.90. The molecule has 0 radical (unpaired) electrons. The lowest BCUT2D eigenvalue weighted by molar-refractivity contribution is -0.142. The van der Waals surface area contributed by atoms with Crippen molar-refractivity contribution in [3.05, 3.63) is 69.9 Å². The van der Waals surface area contributed by atoms with Gasteiger partial charge < -0.3 is 9.80 Å². The summed E-state index contributed by atoms with van der Waals surface area (Å²) in [7, 11) is 0. The predicted molar refractivity (Wildman–Crippen MR) is 114 cm³/mol. The molecule has 0 unspecified atom stereocenters. The normalized spacial score (nSPS) is 16.0. The van der Waals surface area contributed by atoms with Crippen LogP contribution in [0, 0.1) is 12.8 Å². The van der Waals surface area contributed by atoms with E-state index in [4.69, 9.17) is 0 Å². The minimum absolute atomic E-state index is 0.0155. The van der Waals surface area contributed by atoms with Gasteiger partial charge in [0.05, 0.1) is 6.04 Å². The van der Waals surface area contributed by atoms with Gasteiger partial charge in [-0.15, -0.1) is 17.9 Å². The van der Waals surface area contributed by atoms with Crippen LogP contribution in [0.5, 0.6) is 0 Å². The van der Waals surface area contributed by atoms with Crippen molar-refractivity contribution in [2.45, 2.75) is 33.2 Å². The van der Waals surface area contributed by atoms with E-state index in [1.165, 1.54) is 16.0 Å². The zero-order valence-electron chi connectivity index (χ0n) is 16.9. The van der Waals surface area contributed by atoms with Gasteiger partial charge in [0.25, 0.3) is 0 Å². The van der Waals surface area contributed by atoms with Crippen molar-refractivity contribution in [1.82, 2.24) is 9.80 Å². The first-order chi connectivity index (χ1) is 13.4. The molecule has 0 saturated carbocycles. The standard InChI is InChI=1S/C23H28N2O2S/c1-5-12-24(23(27)16(2)3)15-21(26)25-13-10-20-19(11-14-28-20)22(25)18-8-6-17(4)7-9-18/h5-9,11,14,16,22H,1,10,12-13,15H2,2-4H3/t22-/m0/s1. The number of nitrogens with zero attached hydrogens (tertiary/aromatic N) is 2. The van der Waals surface area contributed by atoms with Gasteiger partial charge in [-0.3, -0.25) is 9.59 Å². The van der Waals surface area contributed by atoms with E-state index >= 15 is 0 Å². The van der Waals surface area contributed by atoms with Crippen molar-refractivity contribution in [1.29, 1.82) is 0 Å². The van der Waals surface area contributed by atoms with Gasteiger partial charge in [-0.05, 0) is 35.9 Å².